The van der Waals surface area contributed by atoms with Gasteiger partial charge in [0.25, 0.3) is 0 Å². The number of fused-ring (bicyclic) bond motifs is 2. The number of aliphatic imine (C=N–C) groups is 1. The largest absolute Gasteiger partial charge is 0.494 e. The van der Waals surface area contributed by atoms with E-state index in [2.05, 4.69) is 10.3 Å². The summed E-state index contributed by atoms with van der Waals surface area (Å²) in [5, 5.41) is 12.0. The van der Waals surface area contributed by atoms with Crippen LogP contribution in [0.2, 0.25) is 0 Å². The number of aliphatic carboxylic acids is 1. The number of carbonyl (C=O) groups excluding carboxylic acids is 2. The van der Waals surface area contributed by atoms with Crippen molar-refractivity contribution in [3.05, 3.63) is 23.8 Å². The van der Waals surface area contributed by atoms with Gasteiger partial charge in [-0.05, 0) is 56.2 Å². The van der Waals surface area contributed by atoms with Crippen molar-refractivity contribution in [1.82, 2.24) is 15.1 Å². The molecule has 0 unspecified atom stereocenters. The number of guanidine groups is 1. The summed E-state index contributed by atoms with van der Waals surface area (Å²) < 4.78 is 5.89. The molecule has 1 aromatic rings. The first-order chi connectivity index (χ1) is 16.5. The smallest absolute Gasteiger partial charge is 0.323 e. The maximum Gasteiger partial charge on any atom is 0.323 e. The SMILES string of the molecule is O=C(O)CN(CC1CCCCC1)C(=O)CCCCCOc1ccc2c(c1)CN1CC(=O)NC1=N2. The fourth-order valence-corrected chi connectivity index (χ4v) is 4.93. The summed E-state index contributed by atoms with van der Waals surface area (Å²) in [5.41, 5.74) is 1.87. The molecule has 9 nitrogen and oxygen atoms in total. The average molecular weight is 471 g/mol. The minimum absolute atomic E-state index is 0.0402. The van der Waals surface area contributed by atoms with Crippen LogP contribution in [0.1, 0.15) is 63.4 Å². The van der Waals surface area contributed by atoms with E-state index >= 15 is 0 Å². The van der Waals surface area contributed by atoms with Crippen LogP contribution in [0.15, 0.2) is 23.2 Å². The fraction of sp³-hybridized carbons (Fsp3) is 0.600. The van der Waals surface area contributed by atoms with Crippen LogP contribution in [0, 0.1) is 5.92 Å². The monoisotopic (exact) mass is 470 g/mol. The Kier molecular flexibility index (Phi) is 8.03. The number of hydrogen-bond donors (Lipinski definition) is 2. The number of benzene rings is 1. The van der Waals surface area contributed by atoms with Crippen LogP contribution in [-0.2, 0) is 20.9 Å². The van der Waals surface area contributed by atoms with Gasteiger partial charge in [-0.3, -0.25) is 19.7 Å². The van der Waals surface area contributed by atoms with Crippen LogP contribution >= 0.6 is 0 Å². The molecule has 2 heterocycles. The lowest BCUT2D eigenvalue weighted by molar-refractivity contribution is -0.145. The molecule has 184 valence electrons. The van der Waals surface area contributed by atoms with Gasteiger partial charge >= 0.3 is 5.97 Å². The Labute approximate surface area is 200 Å². The maximum absolute atomic E-state index is 12.6. The van der Waals surface area contributed by atoms with E-state index in [4.69, 9.17) is 4.74 Å². The third-order valence-electron chi connectivity index (χ3n) is 6.71. The Morgan fingerprint density at radius 1 is 1.15 bits per heavy atom. The van der Waals surface area contributed by atoms with E-state index in [0.717, 1.165) is 49.1 Å². The molecule has 1 aromatic carbocycles. The van der Waals surface area contributed by atoms with E-state index in [-0.39, 0.29) is 18.4 Å². The van der Waals surface area contributed by atoms with Crippen LogP contribution in [0.4, 0.5) is 5.69 Å². The van der Waals surface area contributed by atoms with Crippen LogP contribution in [0.3, 0.4) is 0 Å². The summed E-state index contributed by atoms with van der Waals surface area (Å²) in [4.78, 5) is 43.4. The van der Waals surface area contributed by atoms with Crippen molar-refractivity contribution in [3.63, 3.8) is 0 Å². The highest BCUT2D eigenvalue weighted by Gasteiger charge is 2.29. The molecule has 0 bridgehead atoms. The fourth-order valence-electron chi connectivity index (χ4n) is 4.93. The number of rotatable bonds is 11. The molecule has 4 rings (SSSR count). The molecule has 2 fully saturated rings. The highest BCUT2D eigenvalue weighted by Crippen LogP contribution is 2.30. The molecule has 1 saturated carbocycles. The predicted octanol–water partition coefficient (Wildman–Crippen LogP) is 3.05. The highest BCUT2D eigenvalue weighted by molar-refractivity contribution is 6.05. The lowest BCUT2D eigenvalue weighted by Gasteiger charge is -2.29. The molecule has 3 aliphatic rings. The van der Waals surface area contributed by atoms with Crippen LogP contribution < -0.4 is 10.1 Å². The van der Waals surface area contributed by atoms with E-state index in [9.17, 15) is 19.5 Å². The predicted molar refractivity (Wildman–Crippen MR) is 127 cm³/mol. The maximum atomic E-state index is 12.6. The van der Waals surface area contributed by atoms with Crippen molar-refractivity contribution in [2.45, 2.75) is 64.3 Å². The molecular weight excluding hydrogens is 436 g/mol. The molecular formula is C25H34N4O5. The zero-order chi connectivity index (χ0) is 23.9. The zero-order valence-corrected chi connectivity index (χ0v) is 19.6. The second-order valence-electron chi connectivity index (χ2n) is 9.46. The van der Waals surface area contributed by atoms with Crippen LogP contribution in [0.25, 0.3) is 0 Å². The van der Waals surface area contributed by atoms with Gasteiger partial charge in [-0.15, -0.1) is 0 Å². The van der Waals surface area contributed by atoms with Gasteiger partial charge < -0.3 is 19.6 Å². The summed E-state index contributed by atoms with van der Waals surface area (Å²) in [6.07, 6.45) is 8.52. The second-order valence-corrected chi connectivity index (χ2v) is 9.46. The number of hydrogen-bond acceptors (Lipinski definition) is 6. The first-order valence-electron chi connectivity index (χ1n) is 12.4. The third kappa shape index (κ3) is 6.48. The topological polar surface area (TPSA) is 112 Å². The van der Waals surface area contributed by atoms with E-state index < -0.39 is 5.97 Å². The molecule has 2 aliphatic heterocycles. The summed E-state index contributed by atoms with van der Waals surface area (Å²) >= 11 is 0. The number of carboxylic acids is 1. The van der Waals surface area contributed by atoms with Crippen molar-refractivity contribution in [3.8, 4) is 5.75 Å². The quantitative estimate of drug-likeness (QED) is 0.481. The van der Waals surface area contributed by atoms with E-state index in [0.29, 0.717) is 44.5 Å². The third-order valence-corrected chi connectivity index (χ3v) is 6.71. The Morgan fingerprint density at radius 2 is 1.97 bits per heavy atom. The van der Waals surface area contributed by atoms with Crippen molar-refractivity contribution < 1.29 is 24.2 Å². The van der Waals surface area contributed by atoms with Gasteiger partial charge in [0.05, 0.1) is 12.3 Å². The molecule has 1 aliphatic carbocycles. The molecule has 34 heavy (non-hydrogen) atoms. The lowest BCUT2D eigenvalue weighted by Crippen LogP contribution is -2.39. The van der Waals surface area contributed by atoms with E-state index in [1.54, 1.807) is 4.90 Å². The Balaban J connectivity index is 1.16. The highest BCUT2D eigenvalue weighted by atomic mass is 16.5. The molecule has 0 radical (unpaired) electrons. The summed E-state index contributed by atoms with van der Waals surface area (Å²) in [7, 11) is 0. The van der Waals surface area contributed by atoms with Gasteiger partial charge in [0.2, 0.25) is 17.8 Å². The number of unbranched alkanes of at least 4 members (excludes halogenated alkanes) is 2. The number of ether oxygens (including phenoxy) is 1. The summed E-state index contributed by atoms with van der Waals surface area (Å²) in [5.74, 6) is 0.770. The summed E-state index contributed by atoms with van der Waals surface area (Å²) in [6, 6.07) is 5.76. The molecule has 0 aromatic heterocycles. The van der Waals surface area contributed by atoms with E-state index in [1.807, 2.05) is 23.1 Å². The Bertz CT molecular complexity index is 941. The van der Waals surface area contributed by atoms with Gasteiger partial charge in [-0.2, -0.15) is 0 Å². The minimum Gasteiger partial charge on any atom is -0.494 e. The van der Waals surface area contributed by atoms with Crippen molar-refractivity contribution in [1.29, 1.82) is 0 Å². The molecule has 2 amide bonds. The second kappa shape index (κ2) is 11.4. The normalized spacial score (nSPS) is 17.5. The van der Waals surface area contributed by atoms with Crippen molar-refractivity contribution in [2.75, 3.05) is 26.2 Å². The van der Waals surface area contributed by atoms with Crippen LogP contribution in [-0.4, -0.2) is 64.9 Å². The molecule has 0 atom stereocenters. The Hall–Kier alpha value is -3.10. The molecule has 2 N–H and O–H groups in total. The number of amides is 2. The lowest BCUT2D eigenvalue weighted by atomic mass is 9.89. The number of nitrogens with zero attached hydrogens (tertiary/aromatic N) is 3. The standard InChI is InChI=1S/C25H34N4O5/c30-22-16-29-15-19-13-20(10-11-21(19)26-25(29)27-22)34-12-6-2-5-9-23(31)28(17-24(32)33)14-18-7-3-1-4-8-18/h10-11,13,18H,1-9,12,14-17H2,(H,32,33)(H,26,27,30). The summed E-state index contributed by atoms with van der Waals surface area (Å²) in [6.45, 7) is 1.86. The number of carbonyl (C=O) groups is 3. The average Bonchev–Trinajstić information content (AvgIpc) is 3.18. The van der Waals surface area contributed by atoms with Gasteiger partial charge in [-0.25, -0.2) is 4.99 Å². The van der Waals surface area contributed by atoms with Gasteiger partial charge in [0.15, 0.2) is 0 Å². The van der Waals surface area contributed by atoms with Gasteiger partial charge in [0, 0.05) is 25.1 Å². The van der Waals surface area contributed by atoms with Gasteiger partial charge in [-0.1, -0.05) is 19.3 Å². The van der Waals surface area contributed by atoms with Crippen molar-refractivity contribution in [2.24, 2.45) is 10.9 Å². The van der Waals surface area contributed by atoms with Gasteiger partial charge in [0.1, 0.15) is 18.8 Å². The van der Waals surface area contributed by atoms with Crippen molar-refractivity contribution >= 4 is 29.4 Å². The molecule has 0 spiro atoms. The molecule has 9 heteroatoms. The number of nitrogens with one attached hydrogen (secondary N) is 1. The Morgan fingerprint density at radius 3 is 2.76 bits per heavy atom. The zero-order valence-electron chi connectivity index (χ0n) is 19.6. The minimum atomic E-state index is -0.947. The number of carboxylic acid groups (broad SMARTS) is 1. The van der Waals surface area contributed by atoms with Crippen LogP contribution in [0.5, 0.6) is 5.75 Å². The first kappa shape index (κ1) is 24.0. The molecule has 1 saturated heterocycles. The van der Waals surface area contributed by atoms with E-state index in [1.165, 1.54) is 19.3 Å². The first-order valence-corrected chi connectivity index (χ1v) is 12.4.